The van der Waals surface area contributed by atoms with Crippen molar-refractivity contribution < 1.29 is 4.42 Å². The number of aromatic nitrogens is 1. The van der Waals surface area contributed by atoms with Crippen LogP contribution in [0, 0.1) is 0 Å². The molecule has 0 spiro atoms. The zero-order chi connectivity index (χ0) is 22.6. The molecule has 0 saturated heterocycles. The summed E-state index contributed by atoms with van der Waals surface area (Å²) in [5, 5.41) is 4.66. The molecule has 0 unspecified atom stereocenters. The average Bonchev–Trinajstić information content (AvgIpc) is 3.24. The van der Waals surface area contributed by atoms with E-state index in [-0.39, 0.29) is 5.63 Å². The molecule has 3 heteroatoms. The number of hydrogen-bond acceptors (Lipinski definition) is 2. The van der Waals surface area contributed by atoms with E-state index in [0.717, 1.165) is 49.4 Å². The first-order valence-electron chi connectivity index (χ1n) is 11.3. The van der Waals surface area contributed by atoms with E-state index in [9.17, 15) is 4.79 Å². The van der Waals surface area contributed by atoms with Gasteiger partial charge in [-0.3, -0.25) is 0 Å². The van der Waals surface area contributed by atoms with E-state index in [0.29, 0.717) is 11.0 Å². The van der Waals surface area contributed by atoms with Crippen molar-refractivity contribution in [3.8, 4) is 16.8 Å². The van der Waals surface area contributed by atoms with Gasteiger partial charge in [-0.25, -0.2) is 4.79 Å². The predicted octanol–water partition coefficient (Wildman–Crippen LogP) is 7.71. The summed E-state index contributed by atoms with van der Waals surface area (Å²) in [4.78, 5) is 13.3. The van der Waals surface area contributed by atoms with Crippen LogP contribution in [0.25, 0.3) is 60.4 Å². The van der Waals surface area contributed by atoms with Crippen LogP contribution in [-0.2, 0) is 0 Å². The molecule has 0 aliphatic carbocycles. The van der Waals surface area contributed by atoms with Crippen LogP contribution in [0.1, 0.15) is 0 Å². The Morgan fingerprint density at radius 3 is 2.03 bits per heavy atom. The Kier molecular flexibility index (Phi) is 4.00. The average molecular weight is 437 g/mol. The Bertz CT molecular complexity index is 1910. The minimum Gasteiger partial charge on any atom is -0.422 e. The largest absolute Gasteiger partial charge is 0.422 e. The minimum atomic E-state index is -0.315. The maximum atomic E-state index is 13.3. The Hall–Kier alpha value is -4.63. The molecule has 0 radical (unpaired) electrons. The van der Waals surface area contributed by atoms with Crippen LogP contribution in [0.5, 0.6) is 0 Å². The van der Waals surface area contributed by atoms with Crippen LogP contribution in [0.2, 0.25) is 0 Å². The fourth-order valence-corrected chi connectivity index (χ4v) is 5.21. The molecule has 3 nitrogen and oxygen atoms in total. The van der Waals surface area contributed by atoms with Gasteiger partial charge in [-0.05, 0) is 35.9 Å². The maximum absolute atomic E-state index is 13.3. The number of nitrogens with zero attached hydrogens (tertiary/aromatic N) is 1. The van der Waals surface area contributed by atoms with E-state index in [1.54, 1.807) is 0 Å². The summed E-state index contributed by atoms with van der Waals surface area (Å²) in [6.45, 7) is 0. The molecular formula is C31H19NO2. The molecule has 34 heavy (non-hydrogen) atoms. The number of para-hydroxylation sites is 3. The van der Waals surface area contributed by atoms with Gasteiger partial charge in [0.2, 0.25) is 0 Å². The highest BCUT2D eigenvalue weighted by Crippen LogP contribution is 2.43. The summed E-state index contributed by atoms with van der Waals surface area (Å²) in [5.41, 5.74) is 5.62. The van der Waals surface area contributed by atoms with Crippen molar-refractivity contribution in [1.82, 2.24) is 4.57 Å². The highest BCUT2D eigenvalue weighted by atomic mass is 16.4. The Morgan fingerprint density at radius 1 is 0.588 bits per heavy atom. The molecule has 5 aromatic carbocycles. The van der Waals surface area contributed by atoms with Crippen LogP contribution in [0.4, 0.5) is 0 Å². The number of benzene rings is 5. The Balaban J connectivity index is 1.85. The smallest absolute Gasteiger partial charge is 0.344 e. The van der Waals surface area contributed by atoms with Crippen molar-refractivity contribution in [2.24, 2.45) is 0 Å². The van der Waals surface area contributed by atoms with Crippen LogP contribution in [0.3, 0.4) is 0 Å². The van der Waals surface area contributed by atoms with Gasteiger partial charge in [0.1, 0.15) is 5.58 Å². The number of rotatable bonds is 2. The van der Waals surface area contributed by atoms with Crippen LogP contribution >= 0.6 is 0 Å². The van der Waals surface area contributed by atoms with Crippen LogP contribution in [0.15, 0.2) is 124 Å². The van der Waals surface area contributed by atoms with Crippen molar-refractivity contribution in [1.29, 1.82) is 0 Å². The molecule has 0 aliphatic heterocycles. The van der Waals surface area contributed by atoms with Gasteiger partial charge in [-0.15, -0.1) is 0 Å². The normalized spacial score (nSPS) is 11.6. The lowest BCUT2D eigenvalue weighted by atomic mass is 9.95. The van der Waals surface area contributed by atoms with Crippen molar-refractivity contribution in [2.45, 2.75) is 0 Å². The standard InChI is InChI=1S/C31H19NO2/c33-31-25-19-24(20-11-3-1-4-12-20)30-29(28(25)23-16-8-10-18-27(23)34-31)22-15-7-9-17-26(22)32(30)21-13-5-2-6-14-21/h1-19H. The van der Waals surface area contributed by atoms with Gasteiger partial charge >= 0.3 is 5.63 Å². The molecule has 2 aromatic heterocycles. The zero-order valence-corrected chi connectivity index (χ0v) is 18.2. The molecule has 0 aliphatic rings. The summed E-state index contributed by atoms with van der Waals surface area (Å²) in [5.74, 6) is 0. The van der Waals surface area contributed by atoms with E-state index < -0.39 is 0 Å². The molecule has 0 bridgehead atoms. The first-order valence-corrected chi connectivity index (χ1v) is 11.3. The minimum absolute atomic E-state index is 0.315. The molecule has 160 valence electrons. The summed E-state index contributed by atoms with van der Waals surface area (Å²) >= 11 is 0. The Labute approximate surface area is 195 Å². The fourth-order valence-electron chi connectivity index (χ4n) is 5.21. The summed E-state index contributed by atoms with van der Waals surface area (Å²) in [7, 11) is 0. The SMILES string of the molecule is O=c1oc2ccccc2c2c1cc(-c1ccccc1)c1c2c2ccccc2n1-c1ccccc1. The van der Waals surface area contributed by atoms with Gasteiger partial charge in [0, 0.05) is 32.8 Å². The van der Waals surface area contributed by atoms with Crippen molar-refractivity contribution in [3.63, 3.8) is 0 Å². The van der Waals surface area contributed by atoms with Gasteiger partial charge in [-0.2, -0.15) is 0 Å². The topological polar surface area (TPSA) is 35.1 Å². The van der Waals surface area contributed by atoms with Crippen molar-refractivity contribution in [2.75, 3.05) is 0 Å². The third-order valence-corrected chi connectivity index (χ3v) is 6.62. The highest BCUT2D eigenvalue weighted by Gasteiger charge is 2.22. The van der Waals surface area contributed by atoms with Crippen molar-refractivity contribution in [3.05, 3.63) is 126 Å². The molecule has 0 atom stereocenters. The third-order valence-electron chi connectivity index (χ3n) is 6.62. The first kappa shape index (κ1) is 18.9. The second-order valence-corrected chi connectivity index (χ2v) is 8.51. The molecular weight excluding hydrogens is 418 g/mol. The van der Waals surface area contributed by atoms with Gasteiger partial charge < -0.3 is 8.98 Å². The molecule has 7 aromatic rings. The molecule has 0 saturated carbocycles. The van der Waals surface area contributed by atoms with Crippen LogP contribution in [-0.4, -0.2) is 4.57 Å². The first-order chi connectivity index (χ1) is 16.8. The zero-order valence-electron chi connectivity index (χ0n) is 18.2. The summed E-state index contributed by atoms with van der Waals surface area (Å²) in [6.07, 6.45) is 0. The number of fused-ring (bicyclic) bond motifs is 7. The van der Waals surface area contributed by atoms with Crippen LogP contribution < -0.4 is 5.63 Å². The maximum Gasteiger partial charge on any atom is 0.344 e. The van der Waals surface area contributed by atoms with Crippen molar-refractivity contribution >= 4 is 43.5 Å². The van der Waals surface area contributed by atoms with Gasteiger partial charge in [0.15, 0.2) is 0 Å². The number of hydrogen-bond donors (Lipinski definition) is 0. The van der Waals surface area contributed by atoms with E-state index in [1.165, 1.54) is 0 Å². The summed E-state index contributed by atoms with van der Waals surface area (Å²) < 4.78 is 8.07. The van der Waals surface area contributed by atoms with E-state index in [1.807, 2.05) is 54.6 Å². The van der Waals surface area contributed by atoms with E-state index in [4.69, 9.17) is 4.42 Å². The molecule has 0 fully saturated rings. The summed E-state index contributed by atoms with van der Waals surface area (Å²) in [6, 6.07) is 38.9. The van der Waals surface area contributed by atoms with E-state index >= 15 is 0 Å². The van der Waals surface area contributed by atoms with E-state index in [2.05, 4.69) is 65.2 Å². The monoisotopic (exact) mass is 437 g/mol. The molecule has 0 N–H and O–H groups in total. The molecule has 2 heterocycles. The predicted molar refractivity (Wildman–Crippen MR) is 140 cm³/mol. The molecule has 0 amide bonds. The highest BCUT2D eigenvalue weighted by molar-refractivity contribution is 6.30. The lowest BCUT2D eigenvalue weighted by Crippen LogP contribution is -2.02. The third kappa shape index (κ3) is 2.61. The fraction of sp³-hybridized carbons (Fsp3) is 0. The van der Waals surface area contributed by atoms with Gasteiger partial charge in [-0.1, -0.05) is 84.9 Å². The van der Waals surface area contributed by atoms with Gasteiger partial charge in [0.25, 0.3) is 0 Å². The second kappa shape index (κ2) is 7.19. The molecule has 7 rings (SSSR count). The Morgan fingerprint density at radius 2 is 1.24 bits per heavy atom. The lowest BCUT2D eigenvalue weighted by Gasteiger charge is -2.14. The van der Waals surface area contributed by atoms with Gasteiger partial charge in [0.05, 0.1) is 16.4 Å². The lowest BCUT2D eigenvalue weighted by molar-refractivity contribution is 0.570. The quantitative estimate of drug-likeness (QED) is 0.205. The second-order valence-electron chi connectivity index (χ2n) is 8.51.